The van der Waals surface area contributed by atoms with Gasteiger partial charge < -0.3 is 10.5 Å². The number of halogens is 1. The third-order valence-corrected chi connectivity index (χ3v) is 4.29. The molecule has 0 radical (unpaired) electrons. The first-order chi connectivity index (χ1) is 11.2. The molecule has 116 valence electrons. The summed E-state index contributed by atoms with van der Waals surface area (Å²) in [5, 5.41) is 2.29. The first-order valence-electron chi connectivity index (χ1n) is 7.20. The Morgan fingerprint density at radius 3 is 2.70 bits per heavy atom. The topological polar surface area (TPSA) is 73.9 Å². The van der Waals surface area contributed by atoms with Gasteiger partial charge in [-0.25, -0.2) is 19.3 Å². The molecular weight excluding hydrogens is 315 g/mol. The molecule has 0 bridgehead atoms. The summed E-state index contributed by atoms with van der Waals surface area (Å²) in [6, 6.07) is 4.31. The molecule has 5 nitrogen and oxygen atoms in total. The Morgan fingerprint density at radius 1 is 1.22 bits per heavy atom. The minimum atomic E-state index is -0.511. The number of nitrogens with zero attached hydrogens (tertiary/aromatic N) is 3. The van der Waals surface area contributed by atoms with Crippen LogP contribution in [0.25, 0.3) is 11.3 Å². The fourth-order valence-corrected chi connectivity index (χ4v) is 2.83. The lowest BCUT2D eigenvalue weighted by Gasteiger charge is -2.03. The molecule has 0 saturated heterocycles. The third kappa shape index (κ3) is 3.00. The number of ether oxygens (including phenoxy) is 1. The van der Waals surface area contributed by atoms with Gasteiger partial charge in [-0.2, -0.15) is 0 Å². The summed E-state index contributed by atoms with van der Waals surface area (Å²) >= 11 is 1.33. The molecule has 1 aliphatic carbocycles. The Kier molecular flexibility index (Phi) is 3.42. The van der Waals surface area contributed by atoms with Gasteiger partial charge in [-0.05, 0) is 25.0 Å². The Labute approximate surface area is 136 Å². The highest BCUT2D eigenvalue weighted by Gasteiger charge is 2.26. The molecule has 4 rings (SSSR count). The molecule has 1 aromatic carbocycles. The second-order valence-corrected chi connectivity index (χ2v) is 6.21. The van der Waals surface area contributed by atoms with Crippen LogP contribution < -0.4 is 10.5 Å². The Bertz CT molecular complexity index is 846. The highest BCUT2D eigenvalue weighted by atomic mass is 32.1. The predicted octanol–water partition coefficient (Wildman–Crippen LogP) is 3.99. The Balaban J connectivity index is 1.52. The van der Waals surface area contributed by atoms with E-state index in [2.05, 4.69) is 15.0 Å². The lowest BCUT2D eigenvalue weighted by atomic mass is 10.2. The standard InChI is InChI=1S/C16H13FN4OS/c17-12-5-11(3-4-13(12)18)22-16-21-14(8-23-16)10-6-19-15(20-7-10)9-1-2-9/h3-9H,1-2,18H2. The Hall–Kier alpha value is -2.54. The van der Waals surface area contributed by atoms with Crippen LogP contribution in [0.3, 0.4) is 0 Å². The van der Waals surface area contributed by atoms with E-state index in [1.165, 1.54) is 36.3 Å². The van der Waals surface area contributed by atoms with E-state index < -0.39 is 5.82 Å². The van der Waals surface area contributed by atoms with Crippen molar-refractivity contribution in [1.29, 1.82) is 0 Å². The fraction of sp³-hybridized carbons (Fsp3) is 0.188. The van der Waals surface area contributed by atoms with E-state index in [-0.39, 0.29) is 5.69 Å². The van der Waals surface area contributed by atoms with Gasteiger partial charge in [0.25, 0.3) is 5.19 Å². The molecule has 2 aromatic heterocycles. The van der Waals surface area contributed by atoms with E-state index in [0.717, 1.165) is 17.1 Å². The van der Waals surface area contributed by atoms with Crippen LogP contribution in [0.1, 0.15) is 24.6 Å². The van der Waals surface area contributed by atoms with Crippen LogP contribution in [-0.2, 0) is 0 Å². The molecule has 0 aliphatic heterocycles. The molecule has 1 aliphatic rings. The molecule has 0 unspecified atom stereocenters. The summed E-state index contributed by atoms with van der Waals surface area (Å²) in [6.07, 6.45) is 5.91. The van der Waals surface area contributed by atoms with Crippen molar-refractivity contribution in [3.05, 3.63) is 47.6 Å². The molecule has 1 fully saturated rings. The zero-order valence-corrected chi connectivity index (χ0v) is 12.9. The zero-order chi connectivity index (χ0) is 15.8. The number of rotatable bonds is 4. The first-order valence-corrected chi connectivity index (χ1v) is 8.08. The number of benzene rings is 1. The van der Waals surface area contributed by atoms with Gasteiger partial charge in [0.15, 0.2) is 0 Å². The number of aromatic nitrogens is 3. The largest absolute Gasteiger partial charge is 0.431 e. The second-order valence-electron chi connectivity index (χ2n) is 5.39. The minimum Gasteiger partial charge on any atom is -0.431 e. The summed E-state index contributed by atoms with van der Waals surface area (Å²) in [4.78, 5) is 13.1. The summed E-state index contributed by atoms with van der Waals surface area (Å²) < 4.78 is 19.0. The summed E-state index contributed by atoms with van der Waals surface area (Å²) in [5.41, 5.74) is 7.11. The lowest BCUT2D eigenvalue weighted by Crippen LogP contribution is -1.92. The summed E-state index contributed by atoms with van der Waals surface area (Å²) in [6.45, 7) is 0. The van der Waals surface area contributed by atoms with Gasteiger partial charge in [0.2, 0.25) is 0 Å². The van der Waals surface area contributed by atoms with Gasteiger partial charge in [-0.1, -0.05) is 11.3 Å². The molecule has 0 atom stereocenters. The van der Waals surface area contributed by atoms with Crippen molar-refractivity contribution in [2.45, 2.75) is 18.8 Å². The van der Waals surface area contributed by atoms with E-state index >= 15 is 0 Å². The van der Waals surface area contributed by atoms with E-state index in [1.807, 2.05) is 5.38 Å². The Morgan fingerprint density at radius 2 is 2.00 bits per heavy atom. The van der Waals surface area contributed by atoms with Crippen LogP contribution >= 0.6 is 11.3 Å². The van der Waals surface area contributed by atoms with Crippen molar-refractivity contribution in [3.8, 4) is 22.2 Å². The summed E-state index contributed by atoms with van der Waals surface area (Å²) in [5.74, 6) is 1.28. The van der Waals surface area contributed by atoms with Gasteiger partial charge in [-0.3, -0.25) is 0 Å². The third-order valence-electron chi connectivity index (χ3n) is 3.57. The molecule has 3 aromatic rings. The molecule has 2 N–H and O–H groups in total. The molecule has 23 heavy (non-hydrogen) atoms. The molecule has 7 heteroatoms. The maximum Gasteiger partial charge on any atom is 0.279 e. The smallest absolute Gasteiger partial charge is 0.279 e. The van der Waals surface area contributed by atoms with Crippen LogP contribution in [0.5, 0.6) is 10.9 Å². The average molecular weight is 328 g/mol. The van der Waals surface area contributed by atoms with Crippen molar-refractivity contribution in [2.75, 3.05) is 5.73 Å². The highest BCUT2D eigenvalue weighted by Crippen LogP contribution is 2.38. The van der Waals surface area contributed by atoms with E-state index in [4.69, 9.17) is 10.5 Å². The van der Waals surface area contributed by atoms with Crippen molar-refractivity contribution >= 4 is 17.0 Å². The quantitative estimate of drug-likeness (QED) is 0.733. The van der Waals surface area contributed by atoms with Crippen molar-refractivity contribution < 1.29 is 9.13 Å². The van der Waals surface area contributed by atoms with Gasteiger partial charge in [0.1, 0.15) is 17.4 Å². The SMILES string of the molecule is Nc1ccc(Oc2nc(-c3cnc(C4CC4)nc3)cs2)cc1F. The fourth-order valence-electron chi connectivity index (χ4n) is 2.13. The maximum absolute atomic E-state index is 13.4. The lowest BCUT2D eigenvalue weighted by molar-refractivity contribution is 0.474. The second kappa shape index (κ2) is 5.58. The van der Waals surface area contributed by atoms with Gasteiger partial charge in [-0.15, -0.1) is 0 Å². The van der Waals surface area contributed by atoms with Crippen molar-refractivity contribution in [1.82, 2.24) is 15.0 Å². The normalized spacial score (nSPS) is 14.0. The molecular formula is C16H13FN4OS. The summed E-state index contributed by atoms with van der Waals surface area (Å²) in [7, 11) is 0. The first kappa shape index (κ1) is 14.1. The van der Waals surface area contributed by atoms with Gasteiger partial charge >= 0.3 is 0 Å². The number of thiazole rings is 1. The molecule has 0 spiro atoms. The highest BCUT2D eigenvalue weighted by molar-refractivity contribution is 7.11. The molecule has 2 heterocycles. The number of hydrogen-bond acceptors (Lipinski definition) is 6. The number of hydrogen-bond donors (Lipinski definition) is 1. The van der Waals surface area contributed by atoms with Crippen LogP contribution in [0.4, 0.5) is 10.1 Å². The minimum absolute atomic E-state index is 0.0880. The average Bonchev–Trinajstić information content (AvgIpc) is 3.31. The van der Waals surface area contributed by atoms with Crippen LogP contribution in [0.15, 0.2) is 36.0 Å². The van der Waals surface area contributed by atoms with E-state index in [9.17, 15) is 4.39 Å². The number of anilines is 1. The van der Waals surface area contributed by atoms with Gasteiger partial charge in [0, 0.05) is 35.3 Å². The van der Waals surface area contributed by atoms with Crippen LogP contribution in [0, 0.1) is 5.82 Å². The van der Waals surface area contributed by atoms with Crippen LogP contribution in [0.2, 0.25) is 0 Å². The van der Waals surface area contributed by atoms with Gasteiger partial charge in [0.05, 0.1) is 11.4 Å². The zero-order valence-electron chi connectivity index (χ0n) is 12.1. The predicted molar refractivity (Wildman–Crippen MR) is 86.0 cm³/mol. The molecule has 1 saturated carbocycles. The number of nitrogen functional groups attached to an aromatic ring is 1. The monoisotopic (exact) mass is 328 g/mol. The van der Waals surface area contributed by atoms with E-state index in [0.29, 0.717) is 16.9 Å². The van der Waals surface area contributed by atoms with Crippen molar-refractivity contribution in [2.24, 2.45) is 0 Å². The van der Waals surface area contributed by atoms with Crippen LogP contribution in [-0.4, -0.2) is 15.0 Å². The maximum atomic E-state index is 13.4. The van der Waals surface area contributed by atoms with E-state index in [1.54, 1.807) is 18.5 Å². The molecule has 0 amide bonds. The number of nitrogens with two attached hydrogens (primary N) is 1. The van der Waals surface area contributed by atoms with Crippen molar-refractivity contribution in [3.63, 3.8) is 0 Å².